The number of nitrogens with zero attached hydrogens (tertiary/aromatic N) is 2. The van der Waals surface area contributed by atoms with Crippen molar-refractivity contribution in [2.45, 2.75) is 25.9 Å². The molecule has 5 heteroatoms. The number of rotatable bonds is 3. The molecule has 98 valence electrons. The molecule has 1 unspecified atom stereocenters. The largest absolute Gasteiger partial charge is 0.389 e. The van der Waals surface area contributed by atoms with Crippen molar-refractivity contribution in [1.82, 2.24) is 4.98 Å². The van der Waals surface area contributed by atoms with Gasteiger partial charge in [0.05, 0.1) is 18.0 Å². The smallest absolute Gasteiger partial charge is 0.106 e. The van der Waals surface area contributed by atoms with Crippen LogP contribution in [0.3, 0.4) is 0 Å². The molecule has 0 spiro atoms. The lowest BCUT2D eigenvalue weighted by Crippen LogP contribution is -2.33. The Labute approximate surface area is 113 Å². The van der Waals surface area contributed by atoms with Crippen molar-refractivity contribution in [2.75, 3.05) is 24.6 Å². The van der Waals surface area contributed by atoms with Crippen molar-refractivity contribution in [2.24, 2.45) is 5.73 Å². The highest BCUT2D eigenvalue weighted by atomic mass is 32.1. The van der Waals surface area contributed by atoms with E-state index in [0.29, 0.717) is 4.99 Å². The molecule has 0 aliphatic carbocycles. The quantitative estimate of drug-likeness (QED) is 0.843. The van der Waals surface area contributed by atoms with Gasteiger partial charge < -0.3 is 15.4 Å². The first-order valence-corrected chi connectivity index (χ1v) is 6.73. The van der Waals surface area contributed by atoms with E-state index < -0.39 is 0 Å². The summed E-state index contributed by atoms with van der Waals surface area (Å²) < 4.78 is 5.78. The molecule has 4 nitrogen and oxygen atoms in total. The minimum Gasteiger partial charge on any atom is -0.389 e. The van der Waals surface area contributed by atoms with Gasteiger partial charge in [0.15, 0.2) is 0 Å². The maximum Gasteiger partial charge on any atom is 0.106 e. The zero-order chi connectivity index (χ0) is 13.0. The van der Waals surface area contributed by atoms with Crippen molar-refractivity contribution in [3.05, 3.63) is 24.0 Å². The number of hydrogen-bond acceptors (Lipinski definition) is 4. The van der Waals surface area contributed by atoms with E-state index in [-0.39, 0.29) is 6.10 Å². The van der Waals surface area contributed by atoms with Crippen molar-refractivity contribution in [3.63, 3.8) is 0 Å². The molecule has 2 heterocycles. The second kappa shape index (κ2) is 6.11. The third-order valence-electron chi connectivity index (χ3n) is 3.21. The van der Waals surface area contributed by atoms with E-state index in [2.05, 4.69) is 16.8 Å². The maximum atomic E-state index is 5.78. The summed E-state index contributed by atoms with van der Waals surface area (Å²) in [6, 6.07) is 1.88. The summed E-state index contributed by atoms with van der Waals surface area (Å²) in [4.78, 5) is 6.89. The summed E-state index contributed by atoms with van der Waals surface area (Å²) >= 11 is 5.10. The third-order valence-corrected chi connectivity index (χ3v) is 3.43. The second-order valence-corrected chi connectivity index (χ2v) is 4.90. The molecule has 0 saturated carbocycles. The van der Waals surface area contributed by atoms with E-state index >= 15 is 0 Å². The molecule has 1 fully saturated rings. The van der Waals surface area contributed by atoms with Crippen LogP contribution >= 0.6 is 12.2 Å². The Morgan fingerprint density at radius 2 is 2.50 bits per heavy atom. The Morgan fingerprint density at radius 3 is 3.22 bits per heavy atom. The van der Waals surface area contributed by atoms with Crippen LogP contribution in [0.15, 0.2) is 18.5 Å². The lowest BCUT2D eigenvalue weighted by molar-refractivity contribution is 0.0664. The molecule has 2 rings (SSSR count). The minimum atomic E-state index is 0.270. The Morgan fingerprint density at radius 1 is 1.67 bits per heavy atom. The molecule has 0 amide bonds. The average Bonchev–Trinajstić information content (AvgIpc) is 2.64. The molecule has 1 aromatic rings. The normalized spacial score (nSPS) is 20.5. The van der Waals surface area contributed by atoms with Crippen LogP contribution in [0.1, 0.15) is 25.3 Å². The van der Waals surface area contributed by atoms with Gasteiger partial charge in [-0.25, -0.2) is 0 Å². The van der Waals surface area contributed by atoms with Crippen molar-refractivity contribution in [3.8, 4) is 0 Å². The van der Waals surface area contributed by atoms with E-state index in [9.17, 15) is 0 Å². The minimum absolute atomic E-state index is 0.270. The van der Waals surface area contributed by atoms with E-state index in [1.165, 1.54) is 0 Å². The molecule has 0 radical (unpaired) electrons. The summed E-state index contributed by atoms with van der Waals surface area (Å²) in [5.41, 5.74) is 7.70. The van der Waals surface area contributed by atoms with Gasteiger partial charge in [0.2, 0.25) is 0 Å². The summed E-state index contributed by atoms with van der Waals surface area (Å²) in [5.74, 6) is 0. The van der Waals surface area contributed by atoms with Crippen LogP contribution in [0.25, 0.3) is 0 Å². The van der Waals surface area contributed by atoms with Crippen molar-refractivity contribution in [1.29, 1.82) is 0 Å². The zero-order valence-electron chi connectivity index (χ0n) is 10.6. The van der Waals surface area contributed by atoms with E-state index in [0.717, 1.165) is 43.8 Å². The number of anilines is 1. The summed E-state index contributed by atoms with van der Waals surface area (Å²) in [6.07, 6.45) is 5.87. The molecule has 1 aromatic heterocycles. The Bertz CT molecular complexity index is 424. The van der Waals surface area contributed by atoms with Crippen LogP contribution in [0.5, 0.6) is 0 Å². The highest BCUT2D eigenvalue weighted by molar-refractivity contribution is 7.80. The van der Waals surface area contributed by atoms with Gasteiger partial charge in [-0.05, 0) is 18.9 Å². The van der Waals surface area contributed by atoms with E-state index in [4.69, 9.17) is 22.7 Å². The highest BCUT2D eigenvalue weighted by Gasteiger charge is 2.20. The van der Waals surface area contributed by atoms with Gasteiger partial charge in [0.25, 0.3) is 0 Å². The molecule has 1 atom stereocenters. The Balaban J connectivity index is 2.26. The van der Waals surface area contributed by atoms with Crippen LogP contribution in [0.4, 0.5) is 5.69 Å². The number of pyridine rings is 1. The van der Waals surface area contributed by atoms with Crippen molar-refractivity contribution < 1.29 is 4.74 Å². The summed E-state index contributed by atoms with van der Waals surface area (Å²) in [7, 11) is 0. The molecule has 0 aromatic carbocycles. The summed E-state index contributed by atoms with van der Waals surface area (Å²) in [6.45, 7) is 4.79. The first-order chi connectivity index (χ1) is 8.72. The van der Waals surface area contributed by atoms with E-state index in [1.54, 1.807) is 6.20 Å². The van der Waals surface area contributed by atoms with Gasteiger partial charge in [0, 0.05) is 31.5 Å². The number of aromatic nitrogens is 1. The molecular weight excluding hydrogens is 246 g/mol. The average molecular weight is 265 g/mol. The van der Waals surface area contributed by atoms with Crippen LogP contribution in [0, 0.1) is 0 Å². The Hall–Kier alpha value is -1.20. The fourth-order valence-corrected chi connectivity index (χ4v) is 2.38. The van der Waals surface area contributed by atoms with Gasteiger partial charge in [0.1, 0.15) is 4.99 Å². The van der Waals surface area contributed by atoms with Crippen LogP contribution < -0.4 is 10.6 Å². The summed E-state index contributed by atoms with van der Waals surface area (Å²) in [5, 5.41) is 0. The number of ether oxygens (including phenoxy) is 1. The first-order valence-electron chi connectivity index (χ1n) is 6.32. The molecule has 0 bridgehead atoms. The fraction of sp³-hybridized carbons (Fsp3) is 0.538. The SMILES string of the molecule is CCC1CN(c2cnccc2C(N)=S)CCCO1. The van der Waals surface area contributed by atoms with Gasteiger partial charge in [-0.3, -0.25) is 4.98 Å². The monoisotopic (exact) mass is 265 g/mol. The van der Waals surface area contributed by atoms with Crippen LogP contribution in [0.2, 0.25) is 0 Å². The third kappa shape index (κ3) is 2.97. The predicted octanol–water partition coefficient (Wildman–Crippen LogP) is 1.72. The molecule has 1 aliphatic rings. The van der Waals surface area contributed by atoms with Crippen LogP contribution in [-0.2, 0) is 4.74 Å². The Kier molecular flexibility index (Phi) is 4.49. The zero-order valence-corrected chi connectivity index (χ0v) is 11.4. The maximum absolute atomic E-state index is 5.78. The van der Waals surface area contributed by atoms with Crippen LogP contribution in [-0.4, -0.2) is 35.8 Å². The van der Waals surface area contributed by atoms with Crippen molar-refractivity contribution >= 4 is 22.9 Å². The lowest BCUT2D eigenvalue weighted by atomic mass is 10.1. The second-order valence-electron chi connectivity index (χ2n) is 4.46. The fourth-order valence-electron chi connectivity index (χ4n) is 2.21. The molecular formula is C13H19N3OS. The highest BCUT2D eigenvalue weighted by Crippen LogP contribution is 2.22. The molecule has 1 saturated heterocycles. The van der Waals surface area contributed by atoms with E-state index in [1.807, 2.05) is 12.3 Å². The van der Waals surface area contributed by atoms with Gasteiger partial charge >= 0.3 is 0 Å². The van der Waals surface area contributed by atoms with Gasteiger partial charge in [-0.1, -0.05) is 19.1 Å². The first kappa shape index (κ1) is 13.2. The predicted molar refractivity (Wildman–Crippen MR) is 77.0 cm³/mol. The molecule has 18 heavy (non-hydrogen) atoms. The standard InChI is InChI=1S/C13H19N3OS/c1-2-10-9-16(6-3-7-17-10)12-8-15-5-4-11(12)13(14)18/h4-5,8,10H,2-3,6-7,9H2,1H3,(H2,14,18). The topological polar surface area (TPSA) is 51.4 Å². The number of thiocarbonyl (C=S) groups is 1. The lowest BCUT2D eigenvalue weighted by Gasteiger charge is -2.26. The number of hydrogen-bond donors (Lipinski definition) is 1. The van der Waals surface area contributed by atoms with Gasteiger partial charge in [-0.15, -0.1) is 0 Å². The van der Waals surface area contributed by atoms with Gasteiger partial charge in [-0.2, -0.15) is 0 Å². The number of nitrogens with two attached hydrogens (primary N) is 1. The molecule has 2 N–H and O–H groups in total. The molecule has 1 aliphatic heterocycles.